The van der Waals surface area contributed by atoms with Crippen LogP contribution < -0.4 is 9.64 Å². The average molecular weight is 317 g/mol. The van der Waals surface area contributed by atoms with E-state index >= 15 is 0 Å². The molecule has 2 aliphatic rings. The lowest BCUT2D eigenvalue weighted by Gasteiger charge is -2.26. The van der Waals surface area contributed by atoms with Gasteiger partial charge in [-0.3, -0.25) is 9.59 Å². The average Bonchev–Trinajstić information content (AvgIpc) is 2.96. The molecule has 0 aromatic heterocycles. The van der Waals surface area contributed by atoms with Crippen LogP contribution in [-0.2, 0) is 16.0 Å². The summed E-state index contributed by atoms with van der Waals surface area (Å²) in [6.07, 6.45) is 4.71. The maximum Gasteiger partial charge on any atom is 0.306 e. The van der Waals surface area contributed by atoms with E-state index in [9.17, 15) is 9.59 Å². The Morgan fingerprint density at radius 1 is 1.22 bits per heavy atom. The highest BCUT2D eigenvalue weighted by atomic mass is 16.5. The van der Waals surface area contributed by atoms with Crippen LogP contribution in [-0.4, -0.2) is 30.6 Å². The van der Waals surface area contributed by atoms with Gasteiger partial charge in [0, 0.05) is 18.2 Å². The zero-order valence-electron chi connectivity index (χ0n) is 13.5. The van der Waals surface area contributed by atoms with Crippen LogP contribution in [0.25, 0.3) is 0 Å². The van der Waals surface area contributed by atoms with Gasteiger partial charge >= 0.3 is 5.97 Å². The number of rotatable bonds is 3. The first-order chi connectivity index (χ1) is 11.1. The molecule has 124 valence electrons. The molecular formula is C18H23NO4. The summed E-state index contributed by atoms with van der Waals surface area (Å²) in [5.74, 6) is -0.413. The Hall–Kier alpha value is -2.04. The lowest BCUT2D eigenvalue weighted by molar-refractivity contribution is -0.141. The SMILES string of the molecule is COc1ccc2c(c1)CCCCN2C(=O)[C@@H]1CC[C@H](C(=O)O)C1. The number of carbonyl (C=O) groups is 2. The first-order valence-electron chi connectivity index (χ1n) is 8.31. The minimum atomic E-state index is -0.777. The van der Waals surface area contributed by atoms with Crippen molar-refractivity contribution in [2.24, 2.45) is 11.8 Å². The number of fused-ring (bicyclic) bond motifs is 1. The van der Waals surface area contributed by atoms with Crippen LogP contribution in [0.15, 0.2) is 18.2 Å². The highest BCUT2D eigenvalue weighted by Crippen LogP contribution is 2.36. The summed E-state index contributed by atoms with van der Waals surface area (Å²) in [7, 11) is 1.64. The van der Waals surface area contributed by atoms with Gasteiger partial charge in [-0.05, 0) is 62.3 Å². The van der Waals surface area contributed by atoms with E-state index in [-0.39, 0.29) is 17.7 Å². The van der Waals surface area contributed by atoms with Crippen molar-refractivity contribution in [1.29, 1.82) is 0 Å². The van der Waals surface area contributed by atoms with Gasteiger partial charge in [-0.15, -0.1) is 0 Å². The van der Waals surface area contributed by atoms with Crippen molar-refractivity contribution < 1.29 is 19.4 Å². The van der Waals surface area contributed by atoms with E-state index in [0.717, 1.165) is 36.3 Å². The molecule has 23 heavy (non-hydrogen) atoms. The largest absolute Gasteiger partial charge is 0.497 e. The molecule has 1 aromatic carbocycles. The number of carboxylic acids is 1. The molecule has 1 aliphatic carbocycles. The summed E-state index contributed by atoms with van der Waals surface area (Å²) >= 11 is 0. The molecule has 5 heteroatoms. The normalized spacial score (nSPS) is 24.0. The zero-order chi connectivity index (χ0) is 16.4. The number of methoxy groups -OCH3 is 1. The molecule has 1 aromatic rings. The maximum absolute atomic E-state index is 12.9. The van der Waals surface area contributed by atoms with Crippen LogP contribution in [0.4, 0.5) is 5.69 Å². The summed E-state index contributed by atoms with van der Waals surface area (Å²) in [4.78, 5) is 25.9. The van der Waals surface area contributed by atoms with Crippen molar-refractivity contribution in [3.05, 3.63) is 23.8 Å². The molecule has 1 fully saturated rings. The first kappa shape index (κ1) is 15.8. The zero-order valence-corrected chi connectivity index (χ0v) is 13.5. The molecule has 1 saturated carbocycles. The number of benzene rings is 1. The van der Waals surface area contributed by atoms with E-state index in [2.05, 4.69) is 0 Å². The van der Waals surface area contributed by atoms with Crippen LogP contribution in [0.1, 0.15) is 37.7 Å². The minimum Gasteiger partial charge on any atom is -0.497 e. The fraction of sp³-hybridized carbons (Fsp3) is 0.556. The predicted octanol–water partition coefficient (Wildman–Crippen LogP) is 2.87. The quantitative estimate of drug-likeness (QED) is 0.931. The fourth-order valence-corrected chi connectivity index (χ4v) is 3.74. The molecule has 2 atom stereocenters. The summed E-state index contributed by atoms with van der Waals surface area (Å²) < 4.78 is 5.29. The number of hydrogen-bond acceptors (Lipinski definition) is 3. The Balaban J connectivity index is 1.83. The third kappa shape index (κ3) is 3.19. The highest BCUT2D eigenvalue weighted by molar-refractivity contribution is 5.96. The molecule has 1 heterocycles. The number of hydrogen-bond donors (Lipinski definition) is 1. The number of carbonyl (C=O) groups excluding carboxylic acids is 1. The number of amides is 1. The maximum atomic E-state index is 12.9. The van der Waals surface area contributed by atoms with E-state index < -0.39 is 5.97 Å². The van der Waals surface area contributed by atoms with Crippen LogP contribution in [0.3, 0.4) is 0 Å². The minimum absolute atomic E-state index is 0.0852. The van der Waals surface area contributed by atoms with E-state index in [4.69, 9.17) is 9.84 Å². The number of aliphatic carboxylic acids is 1. The summed E-state index contributed by atoms with van der Waals surface area (Å²) in [5.41, 5.74) is 2.11. The van der Waals surface area contributed by atoms with Crippen LogP contribution in [0.5, 0.6) is 5.75 Å². The molecule has 3 rings (SSSR count). The Morgan fingerprint density at radius 2 is 2.00 bits per heavy atom. The standard InChI is InChI=1S/C18H23NO4/c1-23-15-7-8-16-12(11-15)4-2-3-9-19(16)17(20)13-5-6-14(10-13)18(21)22/h7-8,11,13-14H,2-6,9-10H2,1H3,(H,21,22)/t13-,14+/m1/s1. The molecule has 0 radical (unpaired) electrons. The third-order valence-electron chi connectivity index (χ3n) is 5.05. The lowest BCUT2D eigenvalue weighted by atomic mass is 10.0. The highest BCUT2D eigenvalue weighted by Gasteiger charge is 2.36. The summed E-state index contributed by atoms with van der Waals surface area (Å²) in [5, 5.41) is 9.14. The van der Waals surface area contributed by atoms with E-state index in [1.807, 2.05) is 23.1 Å². The third-order valence-corrected chi connectivity index (χ3v) is 5.05. The summed E-state index contributed by atoms with van der Waals surface area (Å²) in [6, 6.07) is 5.86. The van der Waals surface area contributed by atoms with Gasteiger partial charge in [0.2, 0.25) is 5.91 Å². The molecule has 5 nitrogen and oxygen atoms in total. The fourth-order valence-electron chi connectivity index (χ4n) is 3.74. The van der Waals surface area contributed by atoms with Gasteiger partial charge in [-0.1, -0.05) is 0 Å². The van der Waals surface area contributed by atoms with Crippen molar-refractivity contribution in [3.8, 4) is 5.75 Å². The monoisotopic (exact) mass is 317 g/mol. The number of anilines is 1. The van der Waals surface area contributed by atoms with Crippen molar-refractivity contribution in [1.82, 2.24) is 0 Å². The number of carboxylic acid groups (broad SMARTS) is 1. The van der Waals surface area contributed by atoms with Crippen LogP contribution in [0.2, 0.25) is 0 Å². The molecule has 1 N–H and O–H groups in total. The second-order valence-corrected chi connectivity index (χ2v) is 6.49. The molecular weight excluding hydrogens is 294 g/mol. The lowest BCUT2D eigenvalue weighted by Crippen LogP contribution is -2.36. The Labute approximate surface area is 136 Å². The van der Waals surface area contributed by atoms with Crippen molar-refractivity contribution in [2.45, 2.75) is 38.5 Å². The molecule has 0 spiro atoms. The van der Waals surface area contributed by atoms with E-state index in [0.29, 0.717) is 25.8 Å². The van der Waals surface area contributed by atoms with Crippen molar-refractivity contribution in [3.63, 3.8) is 0 Å². The van der Waals surface area contributed by atoms with Gasteiger partial charge in [0.25, 0.3) is 0 Å². The van der Waals surface area contributed by atoms with Gasteiger partial charge in [-0.25, -0.2) is 0 Å². The topological polar surface area (TPSA) is 66.8 Å². The Bertz CT molecular complexity index is 613. The van der Waals surface area contributed by atoms with E-state index in [1.165, 1.54) is 0 Å². The number of ether oxygens (including phenoxy) is 1. The predicted molar refractivity (Wildman–Crippen MR) is 86.8 cm³/mol. The second-order valence-electron chi connectivity index (χ2n) is 6.49. The van der Waals surface area contributed by atoms with Gasteiger partial charge in [0.1, 0.15) is 5.75 Å². The van der Waals surface area contributed by atoms with Crippen molar-refractivity contribution in [2.75, 3.05) is 18.6 Å². The van der Waals surface area contributed by atoms with Crippen LogP contribution >= 0.6 is 0 Å². The first-order valence-corrected chi connectivity index (χ1v) is 8.31. The van der Waals surface area contributed by atoms with E-state index in [1.54, 1.807) is 7.11 Å². The molecule has 1 amide bonds. The number of aryl methyl sites for hydroxylation is 1. The van der Waals surface area contributed by atoms with Gasteiger partial charge in [0.05, 0.1) is 13.0 Å². The molecule has 0 saturated heterocycles. The number of nitrogens with zero attached hydrogens (tertiary/aromatic N) is 1. The molecule has 0 bridgehead atoms. The Morgan fingerprint density at radius 3 is 2.70 bits per heavy atom. The summed E-state index contributed by atoms with van der Waals surface area (Å²) in [6.45, 7) is 0.715. The van der Waals surface area contributed by atoms with Gasteiger partial charge < -0.3 is 14.7 Å². The second kappa shape index (κ2) is 6.60. The molecule has 0 unspecified atom stereocenters. The van der Waals surface area contributed by atoms with Gasteiger partial charge in [-0.2, -0.15) is 0 Å². The van der Waals surface area contributed by atoms with Crippen molar-refractivity contribution >= 4 is 17.6 Å². The molecule has 1 aliphatic heterocycles. The van der Waals surface area contributed by atoms with Crippen LogP contribution in [0, 0.1) is 11.8 Å². The smallest absolute Gasteiger partial charge is 0.306 e. The Kier molecular flexibility index (Phi) is 4.55. The van der Waals surface area contributed by atoms with Gasteiger partial charge in [0.15, 0.2) is 0 Å².